The number of hydrogen-bond donors (Lipinski definition) is 1. The normalized spacial score (nSPS) is 11.5. The fraction of sp³-hybridized carbons (Fsp3) is 0.476. The highest BCUT2D eigenvalue weighted by molar-refractivity contribution is 5.85. The summed E-state index contributed by atoms with van der Waals surface area (Å²) in [5, 5.41) is 3.75. The minimum atomic E-state index is 0. The van der Waals surface area contributed by atoms with E-state index in [0.717, 1.165) is 29.1 Å². The second-order valence-electron chi connectivity index (χ2n) is 7.57. The Morgan fingerprint density at radius 1 is 1.19 bits per heavy atom. The molecule has 0 saturated carbocycles. The summed E-state index contributed by atoms with van der Waals surface area (Å²) >= 11 is 0. The van der Waals surface area contributed by atoms with Crippen LogP contribution in [0.2, 0.25) is 0 Å². The van der Waals surface area contributed by atoms with Crippen molar-refractivity contribution in [2.45, 2.75) is 65.3 Å². The van der Waals surface area contributed by atoms with Crippen molar-refractivity contribution >= 4 is 23.9 Å². The van der Waals surface area contributed by atoms with Gasteiger partial charge in [-0.3, -0.25) is 4.40 Å². The Labute approximate surface area is 162 Å². The number of fused-ring (bicyclic) bond motifs is 1. The van der Waals surface area contributed by atoms with Crippen molar-refractivity contribution in [3.63, 3.8) is 0 Å². The van der Waals surface area contributed by atoms with E-state index in [4.69, 9.17) is 9.40 Å². The fourth-order valence-corrected chi connectivity index (χ4v) is 3.24. The molecule has 0 aliphatic heterocycles. The topological polar surface area (TPSA) is 42.5 Å². The average molecular weight is 376 g/mol. The summed E-state index contributed by atoms with van der Waals surface area (Å²) < 4.78 is 7.43. The number of nitrogens with one attached hydrogen (secondary N) is 1. The second kappa shape index (κ2) is 8.63. The van der Waals surface area contributed by atoms with Gasteiger partial charge in [-0.2, -0.15) is 0 Å². The second-order valence-corrected chi connectivity index (χ2v) is 7.57. The number of aryl methyl sites for hydroxylation is 1. The van der Waals surface area contributed by atoms with Crippen molar-refractivity contribution in [1.29, 1.82) is 0 Å². The maximum atomic E-state index is 5.29. The minimum Gasteiger partial charge on any atom is -0.472 e. The molecule has 0 unspecified atom stereocenters. The van der Waals surface area contributed by atoms with Crippen molar-refractivity contribution in [1.82, 2.24) is 9.38 Å². The molecule has 0 radical (unpaired) electrons. The first-order valence-corrected chi connectivity index (χ1v) is 9.29. The van der Waals surface area contributed by atoms with Crippen LogP contribution in [0.1, 0.15) is 58.4 Å². The lowest BCUT2D eigenvalue weighted by atomic mass is 9.96. The minimum absolute atomic E-state index is 0. The van der Waals surface area contributed by atoms with E-state index in [1.807, 2.05) is 6.07 Å². The molecule has 142 valence electrons. The smallest absolute Gasteiger partial charge is 0.139 e. The van der Waals surface area contributed by atoms with Crippen LogP contribution in [0.25, 0.3) is 16.9 Å². The number of anilines is 1. The van der Waals surface area contributed by atoms with Crippen LogP contribution in [-0.4, -0.2) is 14.9 Å². The lowest BCUT2D eigenvalue weighted by Gasteiger charge is -2.28. The SMILES string of the molecule is CCCCCCC(C)(C)Nc1c(-c2ccoc2)nc2cc(C)ccn12.Cl. The number of halogens is 1. The van der Waals surface area contributed by atoms with Gasteiger partial charge in [-0.05, 0) is 51.0 Å². The largest absolute Gasteiger partial charge is 0.472 e. The zero-order valence-electron chi connectivity index (χ0n) is 16.2. The van der Waals surface area contributed by atoms with Gasteiger partial charge in [0.15, 0.2) is 0 Å². The summed E-state index contributed by atoms with van der Waals surface area (Å²) in [6, 6.07) is 6.20. The van der Waals surface area contributed by atoms with Gasteiger partial charge in [0.05, 0.1) is 12.5 Å². The zero-order valence-corrected chi connectivity index (χ0v) is 17.0. The summed E-state index contributed by atoms with van der Waals surface area (Å²) in [5.41, 5.74) is 4.13. The van der Waals surface area contributed by atoms with Crippen molar-refractivity contribution in [3.05, 3.63) is 42.5 Å². The van der Waals surface area contributed by atoms with Gasteiger partial charge in [-0.25, -0.2) is 4.98 Å². The molecule has 3 heterocycles. The highest BCUT2D eigenvalue weighted by Gasteiger charge is 2.23. The summed E-state index contributed by atoms with van der Waals surface area (Å²) in [6.45, 7) is 8.88. The number of pyridine rings is 1. The molecular formula is C21H30ClN3O. The number of rotatable bonds is 8. The molecule has 0 atom stereocenters. The molecule has 3 aromatic rings. The highest BCUT2D eigenvalue weighted by atomic mass is 35.5. The third-order valence-electron chi connectivity index (χ3n) is 4.69. The van der Waals surface area contributed by atoms with Crippen LogP contribution in [0.3, 0.4) is 0 Å². The Hall–Kier alpha value is -1.94. The summed E-state index contributed by atoms with van der Waals surface area (Å²) in [4.78, 5) is 4.85. The molecule has 3 aromatic heterocycles. The van der Waals surface area contributed by atoms with Crippen LogP contribution in [0.15, 0.2) is 41.3 Å². The van der Waals surface area contributed by atoms with Gasteiger partial charge < -0.3 is 9.73 Å². The van der Waals surface area contributed by atoms with Crippen LogP contribution < -0.4 is 5.32 Å². The first-order chi connectivity index (χ1) is 12.0. The number of nitrogens with zero attached hydrogens (tertiary/aromatic N) is 2. The number of furan rings is 1. The fourth-order valence-electron chi connectivity index (χ4n) is 3.24. The Bertz CT molecular complexity index is 821. The van der Waals surface area contributed by atoms with E-state index in [0.29, 0.717) is 0 Å². The highest BCUT2D eigenvalue weighted by Crippen LogP contribution is 2.32. The first-order valence-electron chi connectivity index (χ1n) is 9.29. The van der Waals surface area contributed by atoms with Crippen LogP contribution in [0.4, 0.5) is 5.82 Å². The molecule has 1 N–H and O–H groups in total. The number of imidazole rings is 1. The van der Waals surface area contributed by atoms with Crippen molar-refractivity contribution in [2.75, 3.05) is 5.32 Å². The molecule has 0 amide bonds. The van der Waals surface area contributed by atoms with E-state index in [-0.39, 0.29) is 17.9 Å². The van der Waals surface area contributed by atoms with Crippen LogP contribution in [-0.2, 0) is 0 Å². The predicted molar refractivity (Wildman–Crippen MR) is 111 cm³/mol. The molecule has 0 spiro atoms. The van der Waals surface area contributed by atoms with Gasteiger partial charge in [0.2, 0.25) is 0 Å². The van der Waals surface area contributed by atoms with Crippen LogP contribution in [0.5, 0.6) is 0 Å². The number of unbranched alkanes of at least 4 members (excludes halogenated alkanes) is 3. The maximum absolute atomic E-state index is 5.29. The van der Waals surface area contributed by atoms with E-state index in [2.05, 4.69) is 55.7 Å². The zero-order chi connectivity index (χ0) is 17.9. The molecule has 0 aromatic carbocycles. The molecule has 0 aliphatic rings. The van der Waals surface area contributed by atoms with Gasteiger partial charge in [0.1, 0.15) is 17.2 Å². The monoisotopic (exact) mass is 375 g/mol. The van der Waals surface area contributed by atoms with Crippen molar-refractivity contribution in [2.24, 2.45) is 0 Å². The van der Waals surface area contributed by atoms with E-state index in [9.17, 15) is 0 Å². The van der Waals surface area contributed by atoms with Crippen LogP contribution in [0, 0.1) is 6.92 Å². The van der Waals surface area contributed by atoms with Gasteiger partial charge in [0.25, 0.3) is 0 Å². The van der Waals surface area contributed by atoms with E-state index < -0.39 is 0 Å². The molecule has 26 heavy (non-hydrogen) atoms. The Morgan fingerprint density at radius 3 is 2.69 bits per heavy atom. The van der Waals surface area contributed by atoms with E-state index >= 15 is 0 Å². The molecule has 0 bridgehead atoms. The quantitative estimate of drug-likeness (QED) is 0.458. The summed E-state index contributed by atoms with van der Waals surface area (Å²) in [7, 11) is 0. The van der Waals surface area contributed by atoms with Gasteiger partial charge >= 0.3 is 0 Å². The number of hydrogen-bond acceptors (Lipinski definition) is 3. The standard InChI is InChI=1S/C21H29N3O.ClH/c1-5-6-7-8-11-21(3,4)23-20-19(17-10-13-25-15-17)22-18-14-16(2)9-12-24(18)20;/h9-10,12-15,23H,5-8,11H2,1-4H3;1H. The van der Waals surface area contributed by atoms with Gasteiger partial charge in [-0.1, -0.05) is 32.6 Å². The lowest BCUT2D eigenvalue weighted by molar-refractivity contribution is 0.476. The number of aromatic nitrogens is 2. The first kappa shape index (κ1) is 20.4. The van der Waals surface area contributed by atoms with Crippen molar-refractivity contribution < 1.29 is 4.42 Å². The Balaban J connectivity index is 0.00000243. The molecular weight excluding hydrogens is 346 g/mol. The average Bonchev–Trinajstić information content (AvgIpc) is 3.19. The van der Waals surface area contributed by atoms with Gasteiger partial charge in [-0.15, -0.1) is 12.4 Å². The maximum Gasteiger partial charge on any atom is 0.139 e. The summed E-state index contributed by atoms with van der Waals surface area (Å²) in [5.74, 6) is 1.04. The molecule has 5 heteroatoms. The molecule has 0 saturated heterocycles. The van der Waals surface area contributed by atoms with Crippen LogP contribution >= 0.6 is 12.4 Å². The summed E-state index contributed by atoms with van der Waals surface area (Å²) in [6.07, 6.45) is 11.8. The Kier molecular flexibility index (Phi) is 6.76. The molecule has 0 aliphatic carbocycles. The van der Waals surface area contributed by atoms with Crippen molar-refractivity contribution in [3.8, 4) is 11.3 Å². The third kappa shape index (κ3) is 4.61. The van der Waals surface area contributed by atoms with E-state index in [1.165, 1.54) is 31.2 Å². The third-order valence-corrected chi connectivity index (χ3v) is 4.69. The molecule has 0 fully saturated rings. The van der Waals surface area contributed by atoms with Gasteiger partial charge in [0, 0.05) is 17.3 Å². The lowest BCUT2D eigenvalue weighted by Crippen LogP contribution is -2.31. The Morgan fingerprint density at radius 2 is 2.00 bits per heavy atom. The van der Waals surface area contributed by atoms with E-state index in [1.54, 1.807) is 12.5 Å². The molecule has 4 nitrogen and oxygen atoms in total. The predicted octanol–water partition coefficient (Wildman–Crippen LogP) is 6.49. The molecule has 3 rings (SSSR count).